The molecule has 0 saturated carbocycles. The second-order valence-corrected chi connectivity index (χ2v) is 8.55. The van der Waals surface area contributed by atoms with E-state index in [9.17, 15) is 9.59 Å². The molecule has 3 aromatic carbocycles. The fourth-order valence-electron chi connectivity index (χ4n) is 4.37. The summed E-state index contributed by atoms with van der Waals surface area (Å²) in [5.41, 5.74) is 3.59. The molecule has 6 nitrogen and oxygen atoms in total. The molecule has 0 unspecified atom stereocenters. The van der Waals surface area contributed by atoms with Gasteiger partial charge in [-0.3, -0.25) is 9.36 Å². The average Bonchev–Trinajstić information content (AvgIpc) is 3.09. The molecule has 0 aliphatic heterocycles. The molecular weight excluding hydrogens is 438 g/mol. The molecule has 0 amide bonds. The van der Waals surface area contributed by atoms with E-state index in [1.54, 1.807) is 35.9 Å². The van der Waals surface area contributed by atoms with Crippen molar-refractivity contribution >= 4 is 33.5 Å². The summed E-state index contributed by atoms with van der Waals surface area (Å²) >= 11 is 6.19. The molecule has 0 spiro atoms. The fourth-order valence-corrected chi connectivity index (χ4v) is 4.55. The van der Waals surface area contributed by atoms with Gasteiger partial charge in [-0.05, 0) is 55.0 Å². The van der Waals surface area contributed by atoms with Crippen molar-refractivity contribution in [1.29, 1.82) is 0 Å². The van der Waals surface area contributed by atoms with Crippen LogP contribution in [0.15, 0.2) is 76.3 Å². The van der Waals surface area contributed by atoms with Crippen molar-refractivity contribution in [1.82, 2.24) is 13.7 Å². The number of ether oxygens (including phenoxy) is 1. The number of hydrogen-bond acceptors (Lipinski definition) is 3. The van der Waals surface area contributed by atoms with Crippen LogP contribution in [0.4, 0.5) is 0 Å². The van der Waals surface area contributed by atoms with Crippen molar-refractivity contribution < 1.29 is 4.74 Å². The number of halogens is 1. The van der Waals surface area contributed by atoms with Crippen LogP contribution in [-0.2, 0) is 13.6 Å². The molecule has 0 bridgehead atoms. The lowest BCUT2D eigenvalue weighted by atomic mass is 10.1. The third-order valence-electron chi connectivity index (χ3n) is 5.99. The molecule has 2 aromatic heterocycles. The standard InChI is InChI=1S/C26H22ClN3O3/c1-16-7-12-22-21(13-16)23-24(28(22)2)25(31)30(19-6-4-5-18(27)14-19)26(32)29(23)15-17-8-10-20(33-3)11-9-17/h4-14H,15H2,1-3H3. The lowest BCUT2D eigenvalue weighted by Crippen LogP contribution is -2.39. The summed E-state index contributed by atoms with van der Waals surface area (Å²) in [6.45, 7) is 2.30. The Balaban J connectivity index is 1.90. The number of nitrogens with zero attached hydrogens (tertiary/aromatic N) is 3. The molecular formula is C26H22ClN3O3. The molecule has 7 heteroatoms. The number of fused-ring (bicyclic) bond motifs is 3. The van der Waals surface area contributed by atoms with Gasteiger partial charge in [0.15, 0.2) is 0 Å². The molecule has 5 aromatic rings. The summed E-state index contributed by atoms with van der Waals surface area (Å²) in [6, 6.07) is 20.3. The second-order valence-electron chi connectivity index (χ2n) is 8.11. The summed E-state index contributed by atoms with van der Waals surface area (Å²) in [7, 11) is 3.47. The fraction of sp³-hybridized carbons (Fsp3) is 0.154. The molecule has 2 heterocycles. The number of rotatable bonds is 4. The van der Waals surface area contributed by atoms with Crippen LogP contribution >= 0.6 is 11.6 Å². The number of methoxy groups -OCH3 is 1. The van der Waals surface area contributed by atoms with E-state index in [1.807, 2.05) is 61.0 Å². The molecule has 0 atom stereocenters. The highest BCUT2D eigenvalue weighted by Gasteiger charge is 2.21. The van der Waals surface area contributed by atoms with Crippen molar-refractivity contribution in [2.45, 2.75) is 13.5 Å². The maximum atomic E-state index is 13.8. The van der Waals surface area contributed by atoms with Crippen molar-refractivity contribution in [2.75, 3.05) is 7.11 Å². The number of aromatic nitrogens is 3. The van der Waals surface area contributed by atoms with Crippen LogP contribution in [0, 0.1) is 6.92 Å². The molecule has 0 radical (unpaired) electrons. The van der Waals surface area contributed by atoms with Crippen LogP contribution in [0.25, 0.3) is 27.6 Å². The van der Waals surface area contributed by atoms with Gasteiger partial charge >= 0.3 is 5.69 Å². The first-order valence-corrected chi connectivity index (χ1v) is 10.9. The molecule has 5 rings (SSSR count). The Kier molecular flexibility index (Phi) is 5.10. The zero-order chi connectivity index (χ0) is 23.3. The largest absolute Gasteiger partial charge is 0.497 e. The van der Waals surface area contributed by atoms with E-state index in [0.29, 0.717) is 28.3 Å². The first-order valence-electron chi connectivity index (χ1n) is 10.5. The van der Waals surface area contributed by atoms with E-state index >= 15 is 0 Å². The summed E-state index contributed by atoms with van der Waals surface area (Å²) in [5.74, 6) is 0.737. The maximum Gasteiger partial charge on any atom is 0.336 e. The Morgan fingerprint density at radius 1 is 0.939 bits per heavy atom. The highest BCUT2D eigenvalue weighted by Crippen LogP contribution is 2.27. The van der Waals surface area contributed by atoms with Crippen LogP contribution in [0.1, 0.15) is 11.1 Å². The maximum absolute atomic E-state index is 13.8. The van der Waals surface area contributed by atoms with E-state index in [1.165, 1.54) is 4.57 Å². The molecule has 33 heavy (non-hydrogen) atoms. The van der Waals surface area contributed by atoms with E-state index in [-0.39, 0.29) is 5.56 Å². The SMILES string of the molecule is COc1ccc(Cn2c(=O)n(-c3cccc(Cl)c3)c(=O)c3c2c2cc(C)ccc2n3C)cc1. The number of hydrogen-bond donors (Lipinski definition) is 0. The normalized spacial score (nSPS) is 11.4. The molecule has 0 aliphatic rings. The minimum absolute atomic E-state index is 0.299. The van der Waals surface area contributed by atoms with Gasteiger partial charge in [-0.1, -0.05) is 41.4 Å². The molecule has 0 fully saturated rings. The summed E-state index contributed by atoms with van der Waals surface area (Å²) < 4.78 is 9.99. The first-order chi connectivity index (χ1) is 15.9. The topological polar surface area (TPSA) is 58.2 Å². The lowest BCUT2D eigenvalue weighted by Gasteiger charge is -2.14. The Hall–Kier alpha value is -3.77. The van der Waals surface area contributed by atoms with E-state index in [0.717, 1.165) is 27.8 Å². The molecule has 0 aliphatic carbocycles. The molecule has 0 N–H and O–H groups in total. The summed E-state index contributed by atoms with van der Waals surface area (Å²) in [4.78, 5) is 27.5. The van der Waals surface area contributed by atoms with E-state index in [4.69, 9.17) is 16.3 Å². The Morgan fingerprint density at radius 2 is 1.70 bits per heavy atom. The Bertz CT molecular complexity index is 1640. The van der Waals surface area contributed by atoms with Crippen molar-refractivity contribution in [3.05, 3.63) is 104 Å². The minimum atomic E-state index is -0.417. The summed E-state index contributed by atoms with van der Waals surface area (Å²) in [5, 5.41) is 1.32. The van der Waals surface area contributed by atoms with E-state index < -0.39 is 5.69 Å². The second kappa shape index (κ2) is 7.98. The minimum Gasteiger partial charge on any atom is -0.497 e. The Labute approximate surface area is 194 Å². The predicted molar refractivity (Wildman–Crippen MR) is 132 cm³/mol. The van der Waals surface area contributed by atoms with Crippen molar-refractivity contribution in [3.8, 4) is 11.4 Å². The molecule has 166 valence electrons. The lowest BCUT2D eigenvalue weighted by molar-refractivity contribution is 0.414. The monoisotopic (exact) mass is 459 g/mol. The van der Waals surface area contributed by atoms with Gasteiger partial charge in [0.1, 0.15) is 11.3 Å². The molecule has 0 saturated heterocycles. The summed E-state index contributed by atoms with van der Waals surface area (Å²) in [6.07, 6.45) is 0. The van der Waals surface area contributed by atoms with Gasteiger partial charge < -0.3 is 9.30 Å². The highest BCUT2D eigenvalue weighted by molar-refractivity contribution is 6.30. The van der Waals surface area contributed by atoms with Crippen molar-refractivity contribution in [2.24, 2.45) is 7.05 Å². The van der Waals surface area contributed by atoms with Crippen molar-refractivity contribution in [3.63, 3.8) is 0 Å². The van der Waals surface area contributed by atoms with E-state index in [2.05, 4.69) is 0 Å². The Morgan fingerprint density at radius 3 is 2.39 bits per heavy atom. The quantitative estimate of drug-likeness (QED) is 0.392. The number of benzene rings is 3. The van der Waals surface area contributed by atoms with Crippen LogP contribution in [0.2, 0.25) is 5.02 Å². The smallest absolute Gasteiger partial charge is 0.336 e. The first kappa shape index (κ1) is 21.1. The highest BCUT2D eigenvalue weighted by atomic mass is 35.5. The predicted octanol–water partition coefficient (Wildman–Crippen LogP) is 4.66. The van der Waals surface area contributed by atoms with Crippen LogP contribution in [0.3, 0.4) is 0 Å². The van der Waals surface area contributed by atoms with Gasteiger partial charge in [0.25, 0.3) is 5.56 Å². The zero-order valence-electron chi connectivity index (χ0n) is 18.5. The van der Waals surface area contributed by atoms with Gasteiger partial charge in [-0.2, -0.15) is 0 Å². The van der Waals surface area contributed by atoms with Gasteiger partial charge in [0.2, 0.25) is 0 Å². The zero-order valence-corrected chi connectivity index (χ0v) is 19.3. The van der Waals surface area contributed by atoms with Gasteiger partial charge in [-0.25, -0.2) is 9.36 Å². The van der Waals surface area contributed by atoms with Crippen LogP contribution < -0.4 is 16.0 Å². The average molecular weight is 460 g/mol. The van der Waals surface area contributed by atoms with Crippen LogP contribution in [-0.4, -0.2) is 20.8 Å². The van der Waals surface area contributed by atoms with Gasteiger partial charge in [-0.15, -0.1) is 0 Å². The number of aryl methyl sites for hydroxylation is 2. The third kappa shape index (κ3) is 3.43. The van der Waals surface area contributed by atoms with Gasteiger partial charge in [0, 0.05) is 17.5 Å². The van der Waals surface area contributed by atoms with Gasteiger partial charge in [0.05, 0.1) is 30.4 Å². The third-order valence-corrected chi connectivity index (χ3v) is 6.23. The van der Waals surface area contributed by atoms with Crippen LogP contribution in [0.5, 0.6) is 5.75 Å².